The number of nitriles is 1. The van der Waals surface area contributed by atoms with Gasteiger partial charge in [-0.25, -0.2) is 4.98 Å². The van der Waals surface area contributed by atoms with E-state index in [0.717, 1.165) is 30.1 Å². The summed E-state index contributed by atoms with van der Waals surface area (Å²) in [4.78, 5) is 20.4. The van der Waals surface area contributed by atoms with E-state index in [9.17, 15) is 10.1 Å². The Hall–Kier alpha value is -3.51. The summed E-state index contributed by atoms with van der Waals surface area (Å²) in [5.41, 5.74) is 2.12. The SMILES string of the molecule is CCOc1cc(OC2C(C)(C)C(N3Cc4nc(C#CC5CCC(C)CC5)ccc4C3=O)C2(C)C)ccc1C#N. The molecule has 2 saturated carbocycles. The molecule has 5 rings (SSSR count). The van der Waals surface area contributed by atoms with Crippen molar-refractivity contribution in [3.05, 3.63) is 52.8 Å². The molecule has 1 aromatic heterocycles. The lowest BCUT2D eigenvalue weighted by Crippen LogP contribution is -2.74. The Balaban J connectivity index is 1.32. The van der Waals surface area contributed by atoms with Gasteiger partial charge in [-0.1, -0.05) is 40.5 Å². The lowest BCUT2D eigenvalue weighted by molar-refractivity contribution is -0.199. The van der Waals surface area contributed by atoms with Gasteiger partial charge in [-0.2, -0.15) is 5.26 Å². The van der Waals surface area contributed by atoms with Crippen molar-refractivity contribution >= 4 is 5.91 Å². The van der Waals surface area contributed by atoms with Crippen molar-refractivity contribution in [2.24, 2.45) is 22.7 Å². The molecule has 0 atom stereocenters. The minimum atomic E-state index is -0.304. The van der Waals surface area contributed by atoms with E-state index >= 15 is 0 Å². The molecule has 39 heavy (non-hydrogen) atoms. The molecule has 1 amide bonds. The van der Waals surface area contributed by atoms with Gasteiger partial charge >= 0.3 is 0 Å². The van der Waals surface area contributed by atoms with Gasteiger partial charge in [0.2, 0.25) is 0 Å². The Bertz CT molecular complexity index is 1350. The van der Waals surface area contributed by atoms with E-state index in [0.29, 0.717) is 41.7 Å². The minimum absolute atomic E-state index is 0.0276. The van der Waals surface area contributed by atoms with E-state index in [-0.39, 0.29) is 28.9 Å². The second kappa shape index (κ2) is 10.2. The maximum atomic E-state index is 13.6. The molecule has 6 heteroatoms. The third-order valence-electron chi connectivity index (χ3n) is 8.91. The molecule has 6 nitrogen and oxygen atoms in total. The normalized spacial score (nSPS) is 26.5. The lowest BCUT2D eigenvalue weighted by Gasteiger charge is -2.65. The molecular weight excluding hydrogens is 486 g/mol. The predicted molar refractivity (Wildman–Crippen MR) is 150 cm³/mol. The van der Waals surface area contributed by atoms with Crippen molar-refractivity contribution in [3.8, 4) is 29.4 Å². The molecule has 2 fully saturated rings. The monoisotopic (exact) mass is 525 g/mol. The third kappa shape index (κ3) is 4.87. The number of hydrogen-bond donors (Lipinski definition) is 0. The van der Waals surface area contributed by atoms with Gasteiger partial charge < -0.3 is 14.4 Å². The third-order valence-corrected chi connectivity index (χ3v) is 8.91. The van der Waals surface area contributed by atoms with Crippen LogP contribution in [0.3, 0.4) is 0 Å². The van der Waals surface area contributed by atoms with Crippen molar-refractivity contribution in [3.63, 3.8) is 0 Å². The highest BCUT2D eigenvalue weighted by Crippen LogP contribution is 2.59. The fraction of sp³-hybridized carbons (Fsp3) is 0.545. The van der Waals surface area contributed by atoms with Gasteiger partial charge in [-0.15, -0.1) is 0 Å². The summed E-state index contributed by atoms with van der Waals surface area (Å²) in [5.74, 6) is 9.20. The van der Waals surface area contributed by atoms with Crippen LogP contribution in [-0.4, -0.2) is 34.5 Å². The van der Waals surface area contributed by atoms with Gasteiger partial charge in [0.15, 0.2) is 0 Å². The van der Waals surface area contributed by atoms with Crippen LogP contribution in [0.15, 0.2) is 30.3 Å². The molecule has 1 aromatic carbocycles. The summed E-state index contributed by atoms with van der Waals surface area (Å²) in [6.07, 6.45) is 4.68. The number of pyridine rings is 1. The van der Waals surface area contributed by atoms with Crippen LogP contribution in [0.5, 0.6) is 11.5 Å². The number of amides is 1. The van der Waals surface area contributed by atoms with Gasteiger partial charge in [0.05, 0.1) is 30.0 Å². The zero-order chi connectivity index (χ0) is 27.9. The number of fused-ring (bicyclic) bond motifs is 1. The molecule has 2 aliphatic carbocycles. The Kier molecular flexibility index (Phi) is 7.10. The van der Waals surface area contributed by atoms with E-state index < -0.39 is 0 Å². The number of aromatic nitrogens is 1. The number of carbonyl (C=O) groups is 1. The standard InChI is InChI=1S/C33H39N3O3/c1-7-38-28-18-25(16-13-23(28)19-34)39-31-32(3,4)30(33(31,5)6)36-20-27-26(29(36)37)17-15-24(35-27)14-12-22-10-8-21(2)9-11-22/h13,15-18,21-22,30-31H,7-11,20H2,1-6H3. The van der Waals surface area contributed by atoms with E-state index in [2.05, 4.69) is 52.5 Å². The molecule has 0 bridgehead atoms. The maximum absolute atomic E-state index is 13.6. The van der Waals surface area contributed by atoms with Crippen LogP contribution in [0.4, 0.5) is 0 Å². The molecule has 2 heterocycles. The van der Waals surface area contributed by atoms with Crippen LogP contribution < -0.4 is 9.47 Å². The van der Waals surface area contributed by atoms with E-state index in [1.807, 2.05) is 30.0 Å². The molecule has 2 aromatic rings. The number of nitrogens with zero attached hydrogens (tertiary/aromatic N) is 3. The Morgan fingerprint density at radius 3 is 2.46 bits per heavy atom. The highest BCUT2D eigenvalue weighted by Gasteiger charge is 2.67. The molecule has 204 valence electrons. The smallest absolute Gasteiger partial charge is 0.256 e. The largest absolute Gasteiger partial charge is 0.492 e. The molecule has 0 N–H and O–H groups in total. The van der Waals surface area contributed by atoms with E-state index in [1.165, 1.54) is 12.8 Å². The van der Waals surface area contributed by atoms with Gasteiger partial charge in [0.1, 0.15) is 29.4 Å². The fourth-order valence-electron chi connectivity index (χ4n) is 7.36. The molecule has 1 aliphatic heterocycles. The van der Waals surface area contributed by atoms with Crippen molar-refractivity contribution in [1.29, 1.82) is 5.26 Å². The zero-order valence-electron chi connectivity index (χ0n) is 24.0. The molecular formula is C33H39N3O3. The molecule has 0 radical (unpaired) electrons. The number of ether oxygens (including phenoxy) is 2. The number of benzene rings is 1. The molecule has 3 aliphatic rings. The summed E-state index contributed by atoms with van der Waals surface area (Å²) >= 11 is 0. The second-order valence-corrected chi connectivity index (χ2v) is 12.6. The van der Waals surface area contributed by atoms with Crippen LogP contribution in [0.1, 0.15) is 94.5 Å². The van der Waals surface area contributed by atoms with Crippen LogP contribution in [0.2, 0.25) is 0 Å². The highest BCUT2D eigenvalue weighted by molar-refractivity contribution is 5.98. The number of carbonyl (C=O) groups excluding carboxylic acids is 1. The summed E-state index contributed by atoms with van der Waals surface area (Å²) < 4.78 is 12.2. The first-order valence-electron chi connectivity index (χ1n) is 14.2. The predicted octanol–water partition coefficient (Wildman–Crippen LogP) is 6.37. The molecule has 0 saturated heterocycles. The van der Waals surface area contributed by atoms with Crippen LogP contribution in [0.25, 0.3) is 0 Å². The van der Waals surface area contributed by atoms with Crippen molar-refractivity contribution in [2.75, 3.05) is 6.61 Å². The van der Waals surface area contributed by atoms with Crippen LogP contribution in [0, 0.1) is 45.8 Å². The topological polar surface area (TPSA) is 75.5 Å². The fourth-order valence-corrected chi connectivity index (χ4v) is 7.36. The van der Waals surface area contributed by atoms with Gasteiger partial charge in [-0.3, -0.25) is 4.79 Å². The summed E-state index contributed by atoms with van der Waals surface area (Å²) in [6, 6.07) is 11.3. The van der Waals surface area contributed by atoms with Crippen LogP contribution in [-0.2, 0) is 6.54 Å². The minimum Gasteiger partial charge on any atom is -0.492 e. The number of rotatable bonds is 5. The first-order chi connectivity index (χ1) is 18.6. The quantitative estimate of drug-likeness (QED) is 0.424. The lowest BCUT2D eigenvalue weighted by atomic mass is 9.49. The molecule has 0 spiro atoms. The highest BCUT2D eigenvalue weighted by atomic mass is 16.5. The Labute approximate surface area is 232 Å². The average Bonchev–Trinajstić information content (AvgIpc) is 3.21. The molecule has 0 unspecified atom stereocenters. The summed E-state index contributed by atoms with van der Waals surface area (Å²) in [6.45, 7) is 13.8. The zero-order valence-corrected chi connectivity index (χ0v) is 24.0. The van der Waals surface area contributed by atoms with Gasteiger partial charge in [0, 0.05) is 28.9 Å². The summed E-state index contributed by atoms with van der Waals surface area (Å²) in [5, 5.41) is 9.39. The van der Waals surface area contributed by atoms with E-state index in [1.54, 1.807) is 12.1 Å². The first-order valence-corrected chi connectivity index (χ1v) is 14.2. The number of hydrogen-bond acceptors (Lipinski definition) is 5. The first kappa shape index (κ1) is 27.1. The van der Waals surface area contributed by atoms with Gasteiger partial charge in [0.25, 0.3) is 5.91 Å². The van der Waals surface area contributed by atoms with Crippen molar-refractivity contribution in [2.45, 2.75) is 85.9 Å². The van der Waals surface area contributed by atoms with Crippen molar-refractivity contribution in [1.82, 2.24) is 9.88 Å². The maximum Gasteiger partial charge on any atom is 0.256 e. The van der Waals surface area contributed by atoms with Gasteiger partial charge in [-0.05, 0) is 68.7 Å². The van der Waals surface area contributed by atoms with E-state index in [4.69, 9.17) is 14.5 Å². The second-order valence-electron chi connectivity index (χ2n) is 12.6. The van der Waals surface area contributed by atoms with Crippen molar-refractivity contribution < 1.29 is 14.3 Å². The Morgan fingerprint density at radius 1 is 1.08 bits per heavy atom. The average molecular weight is 526 g/mol. The summed E-state index contributed by atoms with van der Waals surface area (Å²) in [7, 11) is 0. The van der Waals surface area contributed by atoms with Crippen LogP contribution >= 0.6 is 0 Å². The Morgan fingerprint density at radius 2 is 1.79 bits per heavy atom.